The standard InChI is InChI=1S/C16H20N4O2S/c1-2-12-5-7-13(8-6-12)23(21,22)14-11-18-16(19-15(14)17)20-9-3-4-10-20/h5-8,11H,2-4,9-10H2,1H3,(H2,17,18,19). The number of nitrogens with zero attached hydrogens (tertiary/aromatic N) is 3. The van der Waals surface area contributed by atoms with Crippen molar-refractivity contribution in [3.63, 3.8) is 0 Å². The molecule has 0 saturated carbocycles. The normalized spacial score (nSPS) is 15.1. The van der Waals surface area contributed by atoms with E-state index in [1.54, 1.807) is 12.1 Å². The number of aryl methyl sites for hydroxylation is 1. The lowest BCUT2D eigenvalue weighted by Gasteiger charge is -2.16. The Labute approximate surface area is 136 Å². The summed E-state index contributed by atoms with van der Waals surface area (Å²) >= 11 is 0. The molecular formula is C16H20N4O2S. The lowest BCUT2D eigenvalue weighted by Crippen LogP contribution is -2.21. The number of nitrogen functional groups attached to an aromatic ring is 1. The summed E-state index contributed by atoms with van der Waals surface area (Å²) in [5.41, 5.74) is 6.99. The maximum atomic E-state index is 12.7. The predicted octanol–water partition coefficient (Wildman–Crippen LogP) is 2.05. The van der Waals surface area contributed by atoms with Crippen LogP contribution in [0.25, 0.3) is 0 Å². The van der Waals surface area contributed by atoms with Crippen molar-refractivity contribution < 1.29 is 8.42 Å². The van der Waals surface area contributed by atoms with Gasteiger partial charge in [0.2, 0.25) is 15.8 Å². The molecule has 2 N–H and O–H groups in total. The van der Waals surface area contributed by atoms with Gasteiger partial charge in [0.1, 0.15) is 10.7 Å². The second-order valence-corrected chi connectivity index (χ2v) is 7.53. The van der Waals surface area contributed by atoms with Crippen LogP contribution >= 0.6 is 0 Å². The third-order valence-corrected chi connectivity index (χ3v) is 5.88. The Morgan fingerprint density at radius 2 is 1.83 bits per heavy atom. The van der Waals surface area contributed by atoms with Crippen LogP contribution in [-0.4, -0.2) is 31.5 Å². The van der Waals surface area contributed by atoms with E-state index in [2.05, 4.69) is 9.97 Å². The van der Waals surface area contributed by atoms with Crippen molar-refractivity contribution in [3.05, 3.63) is 36.0 Å². The molecule has 2 aromatic rings. The molecule has 1 aliphatic heterocycles. The van der Waals surface area contributed by atoms with Crippen molar-refractivity contribution in [2.45, 2.75) is 36.0 Å². The first kappa shape index (κ1) is 15.7. The molecule has 1 saturated heterocycles. The van der Waals surface area contributed by atoms with Crippen molar-refractivity contribution in [2.75, 3.05) is 23.7 Å². The van der Waals surface area contributed by atoms with Crippen molar-refractivity contribution in [2.24, 2.45) is 0 Å². The largest absolute Gasteiger partial charge is 0.382 e. The molecule has 0 aliphatic carbocycles. The van der Waals surface area contributed by atoms with Crippen LogP contribution in [0, 0.1) is 0 Å². The van der Waals surface area contributed by atoms with E-state index in [-0.39, 0.29) is 15.6 Å². The fraction of sp³-hybridized carbons (Fsp3) is 0.375. The summed E-state index contributed by atoms with van der Waals surface area (Å²) in [6, 6.07) is 6.81. The second-order valence-electron chi connectivity index (χ2n) is 5.61. The van der Waals surface area contributed by atoms with Crippen LogP contribution in [-0.2, 0) is 16.3 Å². The van der Waals surface area contributed by atoms with Crippen LogP contribution < -0.4 is 10.6 Å². The van der Waals surface area contributed by atoms with Crippen LogP contribution in [0.4, 0.5) is 11.8 Å². The van der Waals surface area contributed by atoms with Gasteiger partial charge in [-0.15, -0.1) is 0 Å². The maximum Gasteiger partial charge on any atom is 0.227 e. The molecule has 2 heterocycles. The summed E-state index contributed by atoms with van der Waals surface area (Å²) in [7, 11) is -3.70. The highest BCUT2D eigenvalue weighted by Crippen LogP contribution is 2.26. The highest BCUT2D eigenvalue weighted by atomic mass is 32.2. The average Bonchev–Trinajstić information content (AvgIpc) is 3.09. The van der Waals surface area contributed by atoms with E-state index in [0.29, 0.717) is 5.95 Å². The topological polar surface area (TPSA) is 89.2 Å². The Kier molecular flexibility index (Phi) is 4.21. The van der Waals surface area contributed by atoms with Crippen LogP contribution in [0.3, 0.4) is 0 Å². The molecule has 1 aromatic carbocycles. The van der Waals surface area contributed by atoms with Gasteiger partial charge in [-0.25, -0.2) is 13.4 Å². The Morgan fingerprint density at radius 1 is 1.17 bits per heavy atom. The predicted molar refractivity (Wildman–Crippen MR) is 89.2 cm³/mol. The minimum absolute atomic E-state index is 0.00136. The first-order chi connectivity index (χ1) is 11.0. The van der Waals surface area contributed by atoms with Gasteiger partial charge in [0, 0.05) is 13.1 Å². The number of sulfone groups is 1. The van der Waals surface area contributed by atoms with Gasteiger partial charge in [-0.3, -0.25) is 0 Å². The van der Waals surface area contributed by atoms with E-state index < -0.39 is 9.84 Å². The van der Waals surface area contributed by atoms with Gasteiger partial charge in [-0.05, 0) is 37.0 Å². The molecule has 6 nitrogen and oxygen atoms in total. The molecule has 1 fully saturated rings. The van der Waals surface area contributed by atoms with Crippen LogP contribution in [0.2, 0.25) is 0 Å². The number of hydrogen-bond donors (Lipinski definition) is 1. The van der Waals surface area contributed by atoms with Crippen molar-refractivity contribution in [1.29, 1.82) is 0 Å². The SMILES string of the molecule is CCc1ccc(S(=O)(=O)c2cnc(N3CCCC3)nc2N)cc1. The summed E-state index contributed by atoms with van der Waals surface area (Å²) in [6.45, 7) is 3.78. The van der Waals surface area contributed by atoms with Crippen LogP contribution in [0.15, 0.2) is 40.3 Å². The molecule has 0 radical (unpaired) electrons. The molecule has 1 aromatic heterocycles. The van der Waals surface area contributed by atoms with Gasteiger partial charge in [0.25, 0.3) is 0 Å². The molecule has 0 spiro atoms. The van der Waals surface area contributed by atoms with Gasteiger partial charge >= 0.3 is 0 Å². The Morgan fingerprint density at radius 3 is 2.39 bits per heavy atom. The molecule has 7 heteroatoms. The molecule has 0 bridgehead atoms. The summed E-state index contributed by atoms with van der Waals surface area (Å²) in [6.07, 6.45) is 4.36. The molecule has 0 atom stereocenters. The lowest BCUT2D eigenvalue weighted by molar-refractivity contribution is 0.595. The number of nitrogens with two attached hydrogens (primary N) is 1. The van der Waals surface area contributed by atoms with Crippen LogP contribution in [0.5, 0.6) is 0 Å². The number of aromatic nitrogens is 2. The van der Waals surface area contributed by atoms with E-state index in [9.17, 15) is 8.42 Å². The zero-order valence-corrected chi connectivity index (χ0v) is 13.9. The highest BCUT2D eigenvalue weighted by Gasteiger charge is 2.24. The third-order valence-electron chi connectivity index (χ3n) is 4.09. The van der Waals surface area contributed by atoms with E-state index in [0.717, 1.165) is 37.9 Å². The summed E-state index contributed by atoms with van der Waals surface area (Å²) in [5, 5.41) is 0. The van der Waals surface area contributed by atoms with E-state index in [1.165, 1.54) is 6.20 Å². The number of benzene rings is 1. The summed E-state index contributed by atoms with van der Waals surface area (Å²) < 4.78 is 25.4. The zero-order valence-electron chi connectivity index (χ0n) is 13.1. The van der Waals surface area contributed by atoms with Gasteiger partial charge in [0.15, 0.2) is 0 Å². The average molecular weight is 332 g/mol. The van der Waals surface area contributed by atoms with Gasteiger partial charge in [0.05, 0.1) is 11.1 Å². The lowest BCUT2D eigenvalue weighted by atomic mass is 10.2. The third kappa shape index (κ3) is 3.01. The number of anilines is 2. The fourth-order valence-electron chi connectivity index (χ4n) is 2.68. The molecule has 122 valence electrons. The minimum Gasteiger partial charge on any atom is -0.382 e. The number of hydrogen-bond acceptors (Lipinski definition) is 6. The van der Waals surface area contributed by atoms with Crippen molar-refractivity contribution in [3.8, 4) is 0 Å². The van der Waals surface area contributed by atoms with E-state index in [4.69, 9.17) is 5.73 Å². The van der Waals surface area contributed by atoms with Crippen LogP contribution in [0.1, 0.15) is 25.3 Å². The Bertz CT molecular complexity index is 797. The van der Waals surface area contributed by atoms with Gasteiger partial charge < -0.3 is 10.6 Å². The first-order valence-corrected chi connectivity index (χ1v) is 9.22. The minimum atomic E-state index is -3.70. The van der Waals surface area contributed by atoms with Gasteiger partial charge in [-0.2, -0.15) is 4.98 Å². The Balaban J connectivity index is 1.95. The second kappa shape index (κ2) is 6.16. The molecular weight excluding hydrogens is 312 g/mol. The quantitative estimate of drug-likeness (QED) is 0.922. The summed E-state index contributed by atoms with van der Waals surface area (Å²) in [5.74, 6) is 0.502. The Hall–Kier alpha value is -2.15. The molecule has 1 aliphatic rings. The maximum absolute atomic E-state index is 12.7. The molecule has 23 heavy (non-hydrogen) atoms. The summed E-state index contributed by atoms with van der Waals surface area (Å²) in [4.78, 5) is 10.6. The molecule has 0 unspecified atom stereocenters. The molecule has 0 amide bonds. The van der Waals surface area contributed by atoms with Crippen molar-refractivity contribution >= 4 is 21.6 Å². The van der Waals surface area contributed by atoms with Crippen molar-refractivity contribution in [1.82, 2.24) is 9.97 Å². The zero-order chi connectivity index (χ0) is 16.4. The number of rotatable bonds is 4. The first-order valence-electron chi connectivity index (χ1n) is 7.74. The van der Waals surface area contributed by atoms with Gasteiger partial charge in [-0.1, -0.05) is 19.1 Å². The van der Waals surface area contributed by atoms with E-state index >= 15 is 0 Å². The smallest absolute Gasteiger partial charge is 0.227 e. The monoisotopic (exact) mass is 332 g/mol. The fourth-order valence-corrected chi connectivity index (χ4v) is 3.94. The van der Waals surface area contributed by atoms with E-state index in [1.807, 2.05) is 24.0 Å². The molecule has 3 rings (SSSR count). The highest BCUT2D eigenvalue weighted by molar-refractivity contribution is 7.91.